The van der Waals surface area contributed by atoms with Crippen molar-refractivity contribution in [2.75, 3.05) is 0 Å². The van der Waals surface area contributed by atoms with Crippen LogP contribution in [0.15, 0.2) is 0 Å². The molecule has 9 heavy (non-hydrogen) atoms. The fourth-order valence-electron chi connectivity index (χ4n) is 0.763. The molecule has 3 atom stereocenters. The van der Waals surface area contributed by atoms with Gasteiger partial charge >= 0.3 is 59.2 Å². The SMILES string of the molecule is OC1C[Se]C[C@@H](O)C1O. The molecule has 0 aromatic rings. The molecule has 1 rings (SSSR count). The summed E-state index contributed by atoms with van der Waals surface area (Å²) in [6.45, 7) is 0. The average Bonchev–Trinajstić information content (AvgIpc) is 1.83. The molecule has 1 heterocycles. The van der Waals surface area contributed by atoms with E-state index < -0.39 is 18.3 Å². The van der Waals surface area contributed by atoms with Gasteiger partial charge in [-0.05, 0) is 0 Å². The molecule has 1 aliphatic rings. The molecule has 0 bridgehead atoms. The van der Waals surface area contributed by atoms with Gasteiger partial charge in [0.25, 0.3) is 0 Å². The number of hydrogen-bond donors (Lipinski definition) is 3. The van der Waals surface area contributed by atoms with E-state index in [1.165, 1.54) is 0 Å². The van der Waals surface area contributed by atoms with E-state index in [1.54, 1.807) is 0 Å². The number of aliphatic hydroxyl groups is 3. The van der Waals surface area contributed by atoms with Crippen molar-refractivity contribution in [2.45, 2.75) is 29.0 Å². The Labute approximate surface area is 59.9 Å². The van der Waals surface area contributed by atoms with Gasteiger partial charge in [0.2, 0.25) is 0 Å². The molecule has 3 N–H and O–H groups in total. The molecular weight excluding hydrogens is 187 g/mol. The van der Waals surface area contributed by atoms with Crippen molar-refractivity contribution in [2.24, 2.45) is 0 Å². The molecule has 4 heteroatoms. The Bertz CT molecular complexity index is 88.2. The quantitative estimate of drug-likeness (QED) is 0.419. The molecule has 3 nitrogen and oxygen atoms in total. The van der Waals surface area contributed by atoms with Crippen molar-refractivity contribution in [3.63, 3.8) is 0 Å². The Hall–Kier alpha value is 0.399. The van der Waals surface area contributed by atoms with Gasteiger partial charge in [0, 0.05) is 0 Å². The summed E-state index contributed by atoms with van der Waals surface area (Å²) in [4.78, 5) is 0. The first-order chi connectivity index (χ1) is 4.22. The van der Waals surface area contributed by atoms with E-state index >= 15 is 0 Å². The molecule has 0 radical (unpaired) electrons. The van der Waals surface area contributed by atoms with Crippen LogP contribution in [0.2, 0.25) is 10.6 Å². The molecule has 2 unspecified atom stereocenters. The van der Waals surface area contributed by atoms with Crippen LogP contribution in [-0.4, -0.2) is 48.6 Å². The first kappa shape index (κ1) is 7.51. The second-order valence-electron chi connectivity index (χ2n) is 2.16. The molecular formula is C5H10O3Se. The summed E-state index contributed by atoms with van der Waals surface area (Å²) >= 11 is 0.318. The Kier molecular flexibility index (Phi) is 2.49. The molecule has 0 spiro atoms. The van der Waals surface area contributed by atoms with Crippen LogP contribution in [0.4, 0.5) is 0 Å². The van der Waals surface area contributed by atoms with Crippen molar-refractivity contribution in [3.05, 3.63) is 0 Å². The summed E-state index contributed by atoms with van der Waals surface area (Å²) in [5.41, 5.74) is 0. The second kappa shape index (κ2) is 2.99. The minimum absolute atomic E-state index is 0.318. The van der Waals surface area contributed by atoms with Crippen LogP contribution < -0.4 is 0 Å². The standard InChI is InChI=1S/C5H10O3Se/c6-3-1-9-2-4(7)5(3)8/h3-8H,1-2H2/t3-,4?,5?/m1/s1. The maximum atomic E-state index is 8.96. The van der Waals surface area contributed by atoms with Crippen molar-refractivity contribution in [1.29, 1.82) is 0 Å². The van der Waals surface area contributed by atoms with Crippen LogP contribution in [0, 0.1) is 0 Å². The van der Waals surface area contributed by atoms with Crippen molar-refractivity contribution in [3.8, 4) is 0 Å². The monoisotopic (exact) mass is 198 g/mol. The normalized spacial score (nSPS) is 45.0. The Balaban J connectivity index is 2.41. The van der Waals surface area contributed by atoms with Gasteiger partial charge in [-0.2, -0.15) is 0 Å². The van der Waals surface area contributed by atoms with Crippen LogP contribution in [0.25, 0.3) is 0 Å². The number of hydrogen-bond acceptors (Lipinski definition) is 3. The molecule has 54 valence electrons. The van der Waals surface area contributed by atoms with Gasteiger partial charge in [-0.15, -0.1) is 0 Å². The van der Waals surface area contributed by atoms with Crippen LogP contribution in [-0.2, 0) is 0 Å². The van der Waals surface area contributed by atoms with Crippen LogP contribution in [0.5, 0.6) is 0 Å². The van der Waals surface area contributed by atoms with Crippen LogP contribution in [0.1, 0.15) is 0 Å². The fraction of sp³-hybridized carbons (Fsp3) is 1.00. The Morgan fingerprint density at radius 2 is 1.44 bits per heavy atom. The summed E-state index contributed by atoms with van der Waals surface area (Å²) in [6.07, 6.45) is -2.27. The number of rotatable bonds is 0. The van der Waals surface area contributed by atoms with Crippen molar-refractivity contribution >= 4 is 15.0 Å². The summed E-state index contributed by atoms with van der Waals surface area (Å²) in [7, 11) is 0. The molecule has 0 saturated carbocycles. The van der Waals surface area contributed by atoms with Crippen LogP contribution >= 0.6 is 0 Å². The maximum absolute atomic E-state index is 8.96. The van der Waals surface area contributed by atoms with Crippen molar-refractivity contribution in [1.82, 2.24) is 0 Å². The zero-order valence-electron chi connectivity index (χ0n) is 4.90. The Morgan fingerprint density at radius 1 is 1.00 bits per heavy atom. The fourth-order valence-corrected chi connectivity index (χ4v) is 2.89. The molecule has 1 saturated heterocycles. The summed E-state index contributed by atoms with van der Waals surface area (Å²) < 4.78 is 0. The zero-order chi connectivity index (χ0) is 6.85. The average molecular weight is 197 g/mol. The van der Waals surface area contributed by atoms with E-state index in [0.29, 0.717) is 25.6 Å². The molecule has 1 fully saturated rings. The van der Waals surface area contributed by atoms with Gasteiger partial charge in [0.05, 0.1) is 0 Å². The summed E-state index contributed by atoms with van der Waals surface area (Å²) in [5, 5.41) is 28.2. The predicted octanol–water partition coefficient (Wildman–Crippen LogP) is -1.38. The van der Waals surface area contributed by atoms with E-state index in [9.17, 15) is 0 Å². The third-order valence-corrected chi connectivity index (χ3v) is 3.79. The molecule has 0 aliphatic carbocycles. The van der Waals surface area contributed by atoms with Crippen LogP contribution in [0.3, 0.4) is 0 Å². The third kappa shape index (κ3) is 1.66. The van der Waals surface area contributed by atoms with Gasteiger partial charge in [0.1, 0.15) is 0 Å². The third-order valence-electron chi connectivity index (χ3n) is 1.37. The Morgan fingerprint density at radius 3 is 1.78 bits per heavy atom. The van der Waals surface area contributed by atoms with Gasteiger partial charge < -0.3 is 0 Å². The van der Waals surface area contributed by atoms with E-state index in [0.717, 1.165) is 0 Å². The topological polar surface area (TPSA) is 60.7 Å². The van der Waals surface area contributed by atoms with Gasteiger partial charge in [-0.1, -0.05) is 0 Å². The van der Waals surface area contributed by atoms with E-state index in [2.05, 4.69) is 0 Å². The van der Waals surface area contributed by atoms with Gasteiger partial charge in [0.15, 0.2) is 0 Å². The summed E-state index contributed by atoms with van der Waals surface area (Å²) in [6, 6.07) is 0. The molecule has 0 amide bonds. The van der Waals surface area contributed by atoms with E-state index in [1.807, 2.05) is 0 Å². The van der Waals surface area contributed by atoms with Gasteiger partial charge in [-0.3, -0.25) is 0 Å². The minimum atomic E-state index is -0.902. The zero-order valence-corrected chi connectivity index (χ0v) is 6.61. The van der Waals surface area contributed by atoms with E-state index in [4.69, 9.17) is 15.3 Å². The first-order valence-electron chi connectivity index (χ1n) is 2.84. The molecule has 0 aromatic heterocycles. The molecule has 0 aromatic carbocycles. The molecule has 1 aliphatic heterocycles. The van der Waals surface area contributed by atoms with Crippen molar-refractivity contribution < 1.29 is 15.3 Å². The number of aliphatic hydroxyl groups excluding tert-OH is 3. The predicted molar refractivity (Wildman–Crippen MR) is 33.4 cm³/mol. The first-order valence-corrected chi connectivity index (χ1v) is 5.26. The van der Waals surface area contributed by atoms with Gasteiger partial charge in [-0.25, -0.2) is 0 Å². The van der Waals surface area contributed by atoms with E-state index in [-0.39, 0.29) is 0 Å². The second-order valence-corrected chi connectivity index (χ2v) is 4.42. The summed E-state index contributed by atoms with van der Waals surface area (Å²) in [5.74, 6) is 0.